The minimum Gasteiger partial charge on any atom is -0.384 e. The summed E-state index contributed by atoms with van der Waals surface area (Å²) in [7, 11) is 1.73. The predicted octanol–water partition coefficient (Wildman–Crippen LogP) is 4.82. The van der Waals surface area contributed by atoms with E-state index in [0.29, 0.717) is 0 Å². The Morgan fingerprint density at radius 1 is 0.950 bits per heavy atom. The predicted molar refractivity (Wildman–Crippen MR) is 85.6 cm³/mol. The molecule has 2 rings (SSSR count). The molecule has 2 aromatic rings. The van der Waals surface area contributed by atoms with E-state index in [-0.39, 0.29) is 5.38 Å². The summed E-state index contributed by atoms with van der Waals surface area (Å²) >= 11 is 6.61. The highest BCUT2D eigenvalue weighted by Crippen LogP contribution is 2.30. The standard InChI is InChI=1S/C18H21ClO/c1-13-10-14(2)12-17(11-13)18(19)16-6-4-15(5-7-16)8-9-20-3/h4-7,10-12,18H,8-9H2,1-3H3. The highest BCUT2D eigenvalue weighted by molar-refractivity contribution is 6.22. The van der Waals surface area contributed by atoms with E-state index >= 15 is 0 Å². The number of alkyl halides is 1. The van der Waals surface area contributed by atoms with Gasteiger partial charge >= 0.3 is 0 Å². The fraction of sp³-hybridized carbons (Fsp3) is 0.333. The molecule has 0 spiro atoms. The normalized spacial score (nSPS) is 12.4. The maximum atomic E-state index is 6.61. The lowest BCUT2D eigenvalue weighted by atomic mass is 9.99. The molecule has 0 saturated heterocycles. The Morgan fingerprint density at radius 2 is 1.55 bits per heavy atom. The van der Waals surface area contributed by atoms with Gasteiger partial charge in [0, 0.05) is 7.11 Å². The lowest BCUT2D eigenvalue weighted by molar-refractivity contribution is 0.202. The van der Waals surface area contributed by atoms with Gasteiger partial charge in [0.25, 0.3) is 0 Å². The Balaban J connectivity index is 2.17. The topological polar surface area (TPSA) is 9.23 Å². The molecule has 2 heteroatoms. The number of aryl methyl sites for hydroxylation is 2. The van der Waals surface area contributed by atoms with E-state index in [1.54, 1.807) is 7.11 Å². The molecule has 0 N–H and O–H groups in total. The summed E-state index contributed by atoms with van der Waals surface area (Å²) < 4.78 is 5.09. The molecule has 1 nitrogen and oxygen atoms in total. The smallest absolute Gasteiger partial charge is 0.0835 e. The fourth-order valence-electron chi connectivity index (χ4n) is 2.42. The van der Waals surface area contributed by atoms with Crippen molar-refractivity contribution in [3.05, 3.63) is 70.3 Å². The molecule has 0 saturated carbocycles. The van der Waals surface area contributed by atoms with Gasteiger partial charge in [-0.2, -0.15) is 0 Å². The van der Waals surface area contributed by atoms with E-state index in [1.165, 1.54) is 16.7 Å². The monoisotopic (exact) mass is 288 g/mol. The zero-order valence-corrected chi connectivity index (χ0v) is 13.1. The third kappa shape index (κ3) is 3.84. The van der Waals surface area contributed by atoms with Crippen LogP contribution in [0.5, 0.6) is 0 Å². The summed E-state index contributed by atoms with van der Waals surface area (Å²) in [6.07, 6.45) is 0.938. The third-order valence-corrected chi connectivity index (χ3v) is 3.91. The number of hydrogen-bond donors (Lipinski definition) is 0. The molecule has 0 aliphatic heterocycles. The van der Waals surface area contributed by atoms with Crippen molar-refractivity contribution in [3.63, 3.8) is 0 Å². The van der Waals surface area contributed by atoms with Gasteiger partial charge in [-0.25, -0.2) is 0 Å². The summed E-state index contributed by atoms with van der Waals surface area (Å²) in [5.74, 6) is 0. The van der Waals surface area contributed by atoms with Crippen molar-refractivity contribution in [1.29, 1.82) is 0 Å². The van der Waals surface area contributed by atoms with Crippen LogP contribution < -0.4 is 0 Å². The van der Waals surface area contributed by atoms with Crippen LogP contribution in [0.15, 0.2) is 42.5 Å². The first-order chi connectivity index (χ1) is 9.60. The second-order valence-electron chi connectivity index (χ2n) is 5.27. The highest BCUT2D eigenvalue weighted by Gasteiger charge is 2.11. The molecule has 0 aromatic heterocycles. The van der Waals surface area contributed by atoms with Crippen LogP contribution in [0.2, 0.25) is 0 Å². The molecule has 0 radical (unpaired) electrons. The van der Waals surface area contributed by atoms with Crippen molar-refractivity contribution in [2.24, 2.45) is 0 Å². The Morgan fingerprint density at radius 3 is 2.10 bits per heavy atom. The van der Waals surface area contributed by atoms with E-state index in [4.69, 9.17) is 16.3 Å². The summed E-state index contributed by atoms with van der Waals surface area (Å²) in [6.45, 7) is 4.96. The second kappa shape index (κ2) is 6.92. The maximum Gasteiger partial charge on any atom is 0.0835 e. The van der Waals surface area contributed by atoms with Gasteiger partial charge in [0.05, 0.1) is 12.0 Å². The van der Waals surface area contributed by atoms with E-state index in [2.05, 4.69) is 56.3 Å². The van der Waals surface area contributed by atoms with Crippen LogP contribution in [-0.4, -0.2) is 13.7 Å². The van der Waals surface area contributed by atoms with E-state index in [1.807, 2.05) is 0 Å². The second-order valence-corrected chi connectivity index (χ2v) is 5.70. The van der Waals surface area contributed by atoms with Crippen molar-refractivity contribution in [2.45, 2.75) is 25.6 Å². The van der Waals surface area contributed by atoms with Gasteiger partial charge < -0.3 is 4.74 Å². The number of benzene rings is 2. The molecule has 0 fully saturated rings. The molecular weight excluding hydrogens is 268 g/mol. The van der Waals surface area contributed by atoms with Crippen molar-refractivity contribution >= 4 is 11.6 Å². The molecule has 1 unspecified atom stereocenters. The van der Waals surface area contributed by atoms with Gasteiger partial charge in [-0.05, 0) is 37.0 Å². The van der Waals surface area contributed by atoms with Crippen LogP contribution in [0.25, 0.3) is 0 Å². The zero-order valence-electron chi connectivity index (χ0n) is 12.3. The first kappa shape index (κ1) is 15.1. The number of methoxy groups -OCH3 is 1. The molecule has 1 atom stereocenters. The number of halogens is 1. The Labute approximate surface area is 126 Å². The van der Waals surface area contributed by atoms with E-state index < -0.39 is 0 Å². The molecule has 106 valence electrons. The van der Waals surface area contributed by atoms with Crippen LogP contribution in [0, 0.1) is 13.8 Å². The van der Waals surface area contributed by atoms with Crippen LogP contribution in [-0.2, 0) is 11.2 Å². The molecule has 0 bridgehead atoms. The van der Waals surface area contributed by atoms with Gasteiger partial charge in [-0.1, -0.05) is 53.6 Å². The average Bonchev–Trinajstić information content (AvgIpc) is 2.44. The lowest BCUT2D eigenvalue weighted by Crippen LogP contribution is -1.97. The van der Waals surface area contributed by atoms with E-state index in [0.717, 1.165) is 24.2 Å². The summed E-state index contributed by atoms with van der Waals surface area (Å²) in [6, 6.07) is 15.0. The Bertz CT molecular complexity index is 540. The first-order valence-electron chi connectivity index (χ1n) is 6.90. The number of ether oxygens (including phenoxy) is 1. The molecule has 2 aromatic carbocycles. The summed E-state index contributed by atoms with van der Waals surface area (Å²) in [4.78, 5) is 0. The van der Waals surface area contributed by atoms with Crippen LogP contribution >= 0.6 is 11.6 Å². The van der Waals surface area contributed by atoms with Gasteiger partial charge in [0.2, 0.25) is 0 Å². The minimum atomic E-state index is -0.0925. The van der Waals surface area contributed by atoms with Gasteiger partial charge in [0.15, 0.2) is 0 Å². The maximum absolute atomic E-state index is 6.61. The van der Waals surface area contributed by atoms with Gasteiger partial charge in [-0.15, -0.1) is 11.6 Å². The van der Waals surface area contributed by atoms with Crippen LogP contribution in [0.4, 0.5) is 0 Å². The summed E-state index contributed by atoms with van der Waals surface area (Å²) in [5.41, 5.74) is 6.08. The molecule has 0 aliphatic rings. The van der Waals surface area contributed by atoms with Gasteiger partial charge in [-0.3, -0.25) is 0 Å². The van der Waals surface area contributed by atoms with Crippen molar-refractivity contribution < 1.29 is 4.74 Å². The third-order valence-electron chi connectivity index (χ3n) is 3.40. The quantitative estimate of drug-likeness (QED) is 0.717. The highest BCUT2D eigenvalue weighted by atomic mass is 35.5. The zero-order chi connectivity index (χ0) is 14.5. The lowest BCUT2D eigenvalue weighted by Gasteiger charge is -2.13. The van der Waals surface area contributed by atoms with Crippen molar-refractivity contribution in [2.75, 3.05) is 13.7 Å². The molecule has 0 aliphatic carbocycles. The SMILES string of the molecule is COCCc1ccc(C(Cl)c2cc(C)cc(C)c2)cc1. The van der Waals surface area contributed by atoms with Crippen molar-refractivity contribution in [3.8, 4) is 0 Å². The molecule has 0 heterocycles. The molecule has 0 amide bonds. The Kier molecular flexibility index (Phi) is 5.22. The molecular formula is C18H21ClO. The minimum absolute atomic E-state index is 0.0925. The number of hydrogen-bond acceptors (Lipinski definition) is 1. The number of rotatable bonds is 5. The Hall–Kier alpha value is -1.31. The average molecular weight is 289 g/mol. The largest absolute Gasteiger partial charge is 0.384 e. The summed E-state index contributed by atoms with van der Waals surface area (Å²) in [5, 5.41) is -0.0925. The molecule has 20 heavy (non-hydrogen) atoms. The van der Waals surface area contributed by atoms with Crippen molar-refractivity contribution in [1.82, 2.24) is 0 Å². The van der Waals surface area contributed by atoms with Crippen LogP contribution in [0.3, 0.4) is 0 Å². The van der Waals surface area contributed by atoms with Crippen LogP contribution in [0.1, 0.15) is 33.2 Å². The fourth-order valence-corrected chi connectivity index (χ4v) is 2.69. The van der Waals surface area contributed by atoms with Gasteiger partial charge in [0.1, 0.15) is 0 Å². The first-order valence-corrected chi connectivity index (χ1v) is 7.34. The van der Waals surface area contributed by atoms with E-state index in [9.17, 15) is 0 Å².